The third-order valence-corrected chi connectivity index (χ3v) is 6.84. The molecule has 0 saturated heterocycles. The van der Waals surface area contributed by atoms with E-state index in [1.807, 2.05) is 0 Å². The Kier molecular flexibility index (Phi) is 5.21. The van der Waals surface area contributed by atoms with Crippen LogP contribution in [0.2, 0.25) is 5.15 Å². The Hall–Kier alpha value is -2.44. The van der Waals surface area contributed by atoms with Crippen molar-refractivity contribution in [3.63, 3.8) is 0 Å². The summed E-state index contributed by atoms with van der Waals surface area (Å²) in [6, 6.07) is 2.23. The highest BCUT2D eigenvalue weighted by Gasteiger charge is 2.52. The number of sulfone groups is 1. The number of nitrogens with one attached hydrogen (secondary N) is 1. The van der Waals surface area contributed by atoms with E-state index in [9.17, 15) is 13.2 Å². The number of ether oxygens (including phenoxy) is 1. The molecule has 1 aliphatic heterocycles. The Morgan fingerprint density at radius 2 is 2.07 bits per heavy atom. The molecular weight excluding hydrogens is 410 g/mol. The highest BCUT2D eigenvalue weighted by molar-refractivity contribution is 7.92. The number of nitrogens with zero attached hydrogens (tertiary/aromatic N) is 5. The fourth-order valence-corrected chi connectivity index (χ4v) is 5.13. The van der Waals surface area contributed by atoms with Crippen molar-refractivity contribution in [2.75, 3.05) is 6.61 Å². The molecule has 0 aromatic carbocycles. The van der Waals surface area contributed by atoms with Crippen LogP contribution in [-0.4, -0.2) is 51.5 Å². The Morgan fingerprint density at radius 3 is 2.61 bits per heavy atom. The maximum Gasteiger partial charge on any atom is 0.335 e. The van der Waals surface area contributed by atoms with Crippen LogP contribution in [-0.2, 0) is 9.84 Å². The van der Waals surface area contributed by atoms with Crippen molar-refractivity contribution < 1.29 is 17.9 Å². The molecule has 0 bridgehead atoms. The highest BCUT2D eigenvalue weighted by Crippen LogP contribution is 2.36. The number of rotatable bonds is 6. The number of hydrogen-bond acceptors (Lipinski definition) is 8. The summed E-state index contributed by atoms with van der Waals surface area (Å²) in [6.45, 7) is 5.47. The van der Waals surface area contributed by atoms with Crippen LogP contribution in [0.25, 0.3) is 5.65 Å². The number of nitrogens with two attached hydrogens (primary N) is 1. The van der Waals surface area contributed by atoms with Crippen LogP contribution < -0.4 is 15.9 Å². The Labute approximate surface area is 166 Å². The third-order valence-electron chi connectivity index (χ3n) is 4.23. The number of carbonyl (C=O) groups is 1. The first kappa shape index (κ1) is 20.3. The summed E-state index contributed by atoms with van der Waals surface area (Å²) in [5.74, 6) is 0.410. The fourth-order valence-electron chi connectivity index (χ4n) is 2.89. The van der Waals surface area contributed by atoms with Gasteiger partial charge >= 0.3 is 6.03 Å². The first-order valence-corrected chi connectivity index (χ1v) is 10.5. The number of urea groups is 1. The summed E-state index contributed by atoms with van der Waals surface area (Å²) in [5, 5.41) is 4.48. The van der Waals surface area contributed by atoms with Crippen molar-refractivity contribution in [2.24, 2.45) is 10.7 Å². The second kappa shape index (κ2) is 7.18. The van der Waals surface area contributed by atoms with E-state index in [-0.39, 0.29) is 34.0 Å². The van der Waals surface area contributed by atoms with Gasteiger partial charge in [0.2, 0.25) is 25.7 Å². The molecular formula is C15H20ClN7O4S. The number of primary amides is 1. The smallest absolute Gasteiger partial charge is 0.335 e. The molecule has 0 radical (unpaired) electrons. The van der Waals surface area contributed by atoms with Crippen LogP contribution in [0, 0.1) is 0 Å². The number of hydrogen-bond donors (Lipinski definition) is 2. The van der Waals surface area contributed by atoms with E-state index in [0.29, 0.717) is 13.0 Å². The van der Waals surface area contributed by atoms with E-state index in [1.54, 1.807) is 32.9 Å². The number of fused-ring (bicyclic) bond motifs is 1. The van der Waals surface area contributed by atoms with E-state index in [2.05, 4.69) is 20.5 Å². The largest absolute Gasteiger partial charge is 0.477 e. The lowest BCUT2D eigenvalue weighted by molar-refractivity contribution is 0.208. The van der Waals surface area contributed by atoms with E-state index in [1.165, 1.54) is 0 Å². The fraction of sp³-hybridized carbons (Fsp3) is 0.467. The number of halogens is 1. The lowest BCUT2D eigenvalue weighted by atomic mass is 10.4. The van der Waals surface area contributed by atoms with Crippen molar-refractivity contribution in [3.8, 4) is 5.88 Å². The van der Waals surface area contributed by atoms with Gasteiger partial charge in [-0.05, 0) is 19.4 Å². The topological polar surface area (TPSA) is 144 Å². The molecule has 1 unspecified atom stereocenters. The van der Waals surface area contributed by atoms with Crippen molar-refractivity contribution in [1.29, 1.82) is 0 Å². The Balaban J connectivity index is 2.22. The number of amidine groups is 1. The summed E-state index contributed by atoms with van der Waals surface area (Å²) in [5.41, 5.74) is 8.20. The molecule has 3 rings (SSSR count). The van der Waals surface area contributed by atoms with Gasteiger partial charge in [-0.1, -0.05) is 25.4 Å². The van der Waals surface area contributed by atoms with E-state index in [4.69, 9.17) is 22.1 Å². The molecule has 152 valence electrons. The molecule has 2 aromatic rings. The molecule has 0 aliphatic carbocycles. The second-order valence-corrected chi connectivity index (χ2v) is 8.32. The van der Waals surface area contributed by atoms with Crippen LogP contribution in [0.3, 0.4) is 0 Å². The van der Waals surface area contributed by atoms with Gasteiger partial charge < -0.3 is 10.5 Å². The monoisotopic (exact) mass is 429 g/mol. The van der Waals surface area contributed by atoms with Gasteiger partial charge in [0.05, 0.1) is 6.61 Å². The van der Waals surface area contributed by atoms with Gasteiger partial charge in [-0.3, -0.25) is 0 Å². The summed E-state index contributed by atoms with van der Waals surface area (Å²) < 4.78 is 33.6. The van der Waals surface area contributed by atoms with E-state index in [0.717, 1.165) is 9.52 Å². The molecule has 11 nitrogen and oxygen atoms in total. The van der Waals surface area contributed by atoms with E-state index >= 15 is 0 Å². The molecule has 28 heavy (non-hydrogen) atoms. The maximum atomic E-state index is 13.6. The minimum atomic E-state index is -4.30. The van der Waals surface area contributed by atoms with Crippen molar-refractivity contribution >= 4 is 39.0 Å². The lowest BCUT2D eigenvalue weighted by Gasteiger charge is -2.26. The van der Waals surface area contributed by atoms with Crippen LogP contribution >= 0.6 is 11.6 Å². The molecule has 0 fully saturated rings. The summed E-state index contributed by atoms with van der Waals surface area (Å²) in [4.78, 5) is 18.2. The average molecular weight is 430 g/mol. The molecule has 2 amide bonds. The number of carbonyl (C=O) groups excluding carboxylic acids is 1. The third kappa shape index (κ3) is 2.97. The number of aromatic nitrogens is 3. The van der Waals surface area contributed by atoms with Gasteiger partial charge in [-0.2, -0.15) is 9.94 Å². The number of imidazole rings is 1. The summed E-state index contributed by atoms with van der Waals surface area (Å²) in [7, 11) is -4.30. The molecule has 3 N–H and O–H groups in total. The lowest BCUT2D eigenvalue weighted by Crippen LogP contribution is -2.56. The van der Waals surface area contributed by atoms with Gasteiger partial charge in [0.1, 0.15) is 5.84 Å². The molecule has 13 heteroatoms. The standard InChI is InChI=1S/C15H20ClN7O4S/c1-4-9-19-15(5-2,21-23(9)14(17)24)28(25,26)13-12(16)18-10-7-8-11(27-6-3)20-22(10)13/h7-8,21H,4-6H2,1-3H3,(H2,17,24). The SMILES string of the molecule is CCOc1ccc2nc(Cl)c(S(=O)(=O)C3(CC)N=C(CC)N(C(N)=O)N3)n2n1. The Bertz CT molecular complexity index is 1070. The van der Waals surface area contributed by atoms with Crippen LogP contribution in [0.5, 0.6) is 5.88 Å². The van der Waals surface area contributed by atoms with Gasteiger partial charge in [0.25, 0.3) is 0 Å². The predicted octanol–water partition coefficient (Wildman–Crippen LogP) is 1.33. The number of aliphatic imine (C=N–C) groups is 1. The molecule has 0 saturated carbocycles. The molecule has 1 aliphatic rings. The van der Waals surface area contributed by atoms with Crippen LogP contribution in [0.15, 0.2) is 22.2 Å². The van der Waals surface area contributed by atoms with Gasteiger partial charge in [0, 0.05) is 12.5 Å². The second-order valence-electron chi connectivity index (χ2n) is 5.89. The zero-order valence-electron chi connectivity index (χ0n) is 15.5. The summed E-state index contributed by atoms with van der Waals surface area (Å²) >= 11 is 6.17. The molecule has 0 spiro atoms. The minimum Gasteiger partial charge on any atom is -0.477 e. The van der Waals surface area contributed by atoms with Crippen LogP contribution in [0.1, 0.15) is 33.6 Å². The summed E-state index contributed by atoms with van der Waals surface area (Å²) in [6.07, 6.45) is 0.290. The molecule has 1 atom stereocenters. The zero-order valence-corrected chi connectivity index (χ0v) is 17.1. The normalized spacial score (nSPS) is 19.9. The van der Waals surface area contributed by atoms with Crippen LogP contribution in [0.4, 0.5) is 4.79 Å². The highest BCUT2D eigenvalue weighted by atomic mass is 35.5. The quantitative estimate of drug-likeness (QED) is 0.704. The Morgan fingerprint density at radius 1 is 1.36 bits per heavy atom. The number of amides is 2. The molecule has 3 heterocycles. The predicted molar refractivity (Wildman–Crippen MR) is 102 cm³/mol. The zero-order chi connectivity index (χ0) is 20.7. The van der Waals surface area contributed by atoms with Crippen molar-refractivity contribution in [3.05, 3.63) is 17.3 Å². The average Bonchev–Trinajstić information content (AvgIpc) is 3.20. The van der Waals surface area contributed by atoms with E-state index < -0.39 is 20.9 Å². The minimum absolute atomic E-state index is 0.00265. The van der Waals surface area contributed by atoms with Crippen molar-refractivity contribution in [1.82, 2.24) is 25.0 Å². The first-order chi connectivity index (χ1) is 13.2. The van der Waals surface area contributed by atoms with Crippen molar-refractivity contribution in [2.45, 2.75) is 43.6 Å². The first-order valence-electron chi connectivity index (χ1n) is 8.59. The maximum absolute atomic E-state index is 13.6. The number of hydrazine groups is 1. The molecule has 2 aromatic heterocycles. The van der Waals surface area contributed by atoms with Gasteiger partial charge in [-0.15, -0.1) is 5.10 Å². The van der Waals surface area contributed by atoms with Gasteiger partial charge in [0.15, 0.2) is 10.8 Å². The van der Waals surface area contributed by atoms with Gasteiger partial charge in [-0.25, -0.2) is 28.2 Å².